The van der Waals surface area contributed by atoms with Crippen LogP contribution in [-0.4, -0.2) is 61.9 Å². The number of hydrogen-bond acceptors (Lipinski definition) is 4. The zero-order valence-corrected chi connectivity index (χ0v) is 14.1. The molecule has 0 aromatic heterocycles. The number of sulfone groups is 1. The third-order valence-corrected chi connectivity index (χ3v) is 7.45. The van der Waals surface area contributed by atoms with Gasteiger partial charge in [-0.15, -0.1) is 0 Å². The highest BCUT2D eigenvalue weighted by molar-refractivity contribution is 7.91. The first-order valence-electron chi connectivity index (χ1n) is 8.49. The van der Waals surface area contributed by atoms with Gasteiger partial charge in [0.1, 0.15) is 5.82 Å². The maximum Gasteiger partial charge on any atom is 0.151 e. The van der Waals surface area contributed by atoms with Crippen LogP contribution in [0.3, 0.4) is 0 Å². The van der Waals surface area contributed by atoms with Crippen LogP contribution in [0.5, 0.6) is 0 Å². The Bertz CT molecular complexity index is 699. The standard InChI is InChI=1S/C17H23FN2O2S/c18-16-3-1-2-15-14(16)4-5-17(15)20-9-7-19(8-10-20)13-6-11-23(21,22)12-13/h1-3,13,17H,4-12H2/t13-,17+/m1/s1. The van der Waals surface area contributed by atoms with E-state index < -0.39 is 9.84 Å². The minimum absolute atomic E-state index is 0.0696. The fraction of sp³-hybridized carbons (Fsp3) is 0.647. The Morgan fingerprint density at radius 1 is 1.04 bits per heavy atom. The predicted molar refractivity (Wildman–Crippen MR) is 87.7 cm³/mol. The first-order chi connectivity index (χ1) is 11.0. The quantitative estimate of drug-likeness (QED) is 0.822. The number of hydrogen-bond donors (Lipinski definition) is 0. The predicted octanol–water partition coefficient (Wildman–Crippen LogP) is 1.62. The number of benzene rings is 1. The third kappa shape index (κ3) is 2.92. The second kappa shape index (κ2) is 5.83. The summed E-state index contributed by atoms with van der Waals surface area (Å²) in [5.41, 5.74) is 2.05. The lowest BCUT2D eigenvalue weighted by Gasteiger charge is -2.40. The van der Waals surface area contributed by atoms with Crippen molar-refractivity contribution in [2.45, 2.75) is 31.3 Å². The molecule has 0 saturated carbocycles. The van der Waals surface area contributed by atoms with Crippen molar-refractivity contribution in [3.05, 3.63) is 35.1 Å². The van der Waals surface area contributed by atoms with Gasteiger partial charge in [0.15, 0.2) is 9.84 Å². The van der Waals surface area contributed by atoms with E-state index in [0.29, 0.717) is 17.5 Å². The Morgan fingerprint density at radius 2 is 1.78 bits per heavy atom. The van der Waals surface area contributed by atoms with Crippen molar-refractivity contribution in [1.82, 2.24) is 9.80 Å². The highest BCUT2D eigenvalue weighted by Crippen LogP contribution is 2.37. The SMILES string of the molecule is O=S1(=O)CC[C@@H](N2CCN([C@H]3CCc4c(F)cccc43)CC2)C1. The molecular formula is C17H23FN2O2S. The van der Waals surface area contributed by atoms with E-state index >= 15 is 0 Å². The molecule has 126 valence electrons. The minimum atomic E-state index is -2.82. The fourth-order valence-corrected chi connectivity index (χ4v) is 6.21. The maximum absolute atomic E-state index is 13.9. The molecule has 1 aliphatic carbocycles. The maximum atomic E-state index is 13.9. The van der Waals surface area contributed by atoms with Crippen LogP contribution < -0.4 is 0 Å². The van der Waals surface area contributed by atoms with E-state index in [1.807, 2.05) is 6.07 Å². The summed E-state index contributed by atoms with van der Waals surface area (Å²) in [6.07, 6.45) is 2.60. The van der Waals surface area contributed by atoms with Crippen molar-refractivity contribution in [3.63, 3.8) is 0 Å². The van der Waals surface area contributed by atoms with Crippen molar-refractivity contribution in [2.24, 2.45) is 0 Å². The van der Waals surface area contributed by atoms with Gasteiger partial charge >= 0.3 is 0 Å². The molecule has 23 heavy (non-hydrogen) atoms. The van der Waals surface area contributed by atoms with E-state index in [0.717, 1.165) is 56.6 Å². The molecule has 6 heteroatoms. The fourth-order valence-electron chi connectivity index (χ4n) is 4.44. The van der Waals surface area contributed by atoms with E-state index in [4.69, 9.17) is 0 Å². The Hall–Kier alpha value is -0.980. The molecule has 2 aliphatic heterocycles. The molecule has 1 aromatic carbocycles. The van der Waals surface area contributed by atoms with Crippen molar-refractivity contribution in [3.8, 4) is 0 Å². The van der Waals surface area contributed by atoms with Gasteiger partial charge in [-0.2, -0.15) is 0 Å². The van der Waals surface area contributed by atoms with Crippen LogP contribution in [0.4, 0.5) is 4.39 Å². The zero-order valence-electron chi connectivity index (χ0n) is 13.2. The van der Waals surface area contributed by atoms with Crippen molar-refractivity contribution in [1.29, 1.82) is 0 Å². The van der Waals surface area contributed by atoms with Gasteiger partial charge in [-0.05, 0) is 36.5 Å². The summed E-state index contributed by atoms with van der Waals surface area (Å²) in [7, 11) is -2.82. The van der Waals surface area contributed by atoms with E-state index in [1.54, 1.807) is 6.07 Å². The smallest absolute Gasteiger partial charge is 0.151 e. The zero-order chi connectivity index (χ0) is 16.0. The van der Waals surface area contributed by atoms with Gasteiger partial charge in [-0.25, -0.2) is 12.8 Å². The van der Waals surface area contributed by atoms with Gasteiger partial charge in [0, 0.05) is 38.3 Å². The van der Waals surface area contributed by atoms with Crippen LogP contribution in [0, 0.1) is 5.82 Å². The normalized spacial score (nSPS) is 31.3. The van der Waals surface area contributed by atoms with Gasteiger partial charge in [-0.1, -0.05) is 12.1 Å². The van der Waals surface area contributed by atoms with Crippen molar-refractivity contribution < 1.29 is 12.8 Å². The highest BCUT2D eigenvalue weighted by atomic mass is 32.2. The number of halogens is 1. The molecule has 4 nitrogen and oxygen atoms in total. The second-order valence-electron chi connectivity index (χ2n) is 6.99. The van der Waals surface area contributed by atoms with Crippen molar-refractivity contribution in [2.75, 3.05) is 37.7 Å². The summed E-state index contributed by atoms with van der Waals surface area (Å²) in [6, 6.07) is 5.96. The Balaban J connectivity index is 1.41. The van der Waals surface area contributed by atoms with Crippen LogP contribution >= 0.6 is 0 Å². The molecule has 0 spiro atoms. The van der Waals surface area contributed by atoms with Crippen molar-refractivity contribution >= 4 is 9.84 Å². The summed E-state index contributed by atoms with van der Waals surface area (Å²) in [6.45, 7) is 3.72. The molecule has 1 aromatic rings. The van der Waals surface area contributed by atoms with Gasteiger partial charge in [0.05, 0.1) is 11.5 Å². The average Bonchev–Trinajstić information content (AvgIpc) is 3.12. The Kier molecular flexibility index (Phi) is 3.94. The molecule has 0 unspecified atom stereocenters. The lowest BCUT2D eigenvalue weighted by atomic mass is 10.1. The third-order valence-electron chi connectivity index (χ3n) is 5.70. The molecule has 0 amide bonds. The first-order valence-corrected chi connectivity index (χ1v) is 10.3. The summed E-state index contributed by atoms with van der Waals surface area (Å²) in [5, 5.41) is 0. The second-order valence-corrected chi connectivity index (χ2v) is 9.22. The molecule has 0 bridgehead atoms. The molecule has 2 saturated heterocycles. The lowest BCUT2D eigenvalue weighted by Crippen LogP contribution is -2.51. The van der Waals surface area contributed by atoms with Crippen LogP contribution in [0.1, 0.15) is 30.0 Å². The van der Waals surface area contributed by atoms with Crippen LogP contribution in [0.25, 0.3) is 0 Å². The first kappa shape index (κ1) is 15.5. The van der Waals surface area contributed by atoms with E-state index in [2.05, 4.69) is 15.9 Å². The number of rotatable bonds is 2. The molecule has 2 heterocycles. The molecule has 4 rings (SSSR count). The van der Waals surface area contributed by atoms with E-state index in [-0.39, 0.29) is 11.9 Å². The topological polar surface area (TPSA) is 40.6 Å². The Labute approximate surface area is 137 Å². The summed E-state index contributed by atoms with van der Waals surface area (Å²) < 4.78 is 37.2. The minimum Gasteiger partial charge on any atom is -0.297 e. The Morgan fingerprint density at radius 3 is 2.48 bits per heavy atom. The van der Waals surface area contributed by atoms with Gasteiger partial charge in [0.25, 0.3) is 0 Å². The van der Waals surface area contributed by atoms with Crippen LogP contribution in [-0.2, 0) is 16.3 Å². The highest BCUT2D eigenvalue weighted by Gasteiger charge is 2.36. The molecule has 0 radical (unpaired) electrons. The summed E-state index contributed by atoms with van der Waals surface area (Å²) >= 11 is 0. The summed E-state index contributed by atoms with van der Waals surface area (Å²) in [5.74, 6) is 0.595. The largest absolute Gasteiger partial charge is 0.297 e. The van der Waals surface area contributed by atoms with Gasteiger partial charge in [0.2, 0.25) is 0 Å². The molecule has 2 atom stereocenters. The molecule has 0 N–H and O–H groups in total. The average molecular weight is 338 g/mol. The van der Waals surface area contributed by atoms with Crippen LogP contribution in [0.15, 0.2) is 18.2 Å². The number of fused-ring (bicyclic) bond motifs is 1. The number of piperazine rings is 1. The van der Waals surface area contributed by atoms with Gasteiger partial charge < -0.3 is 0 Å². The molecular weight excluding hydrogens is 315 g/mol. The number of nitrogens with zero attached hydrogens (tertiary/aromatic N) is 2. The molecule has 3 aliphatic rings. The molecule has 2 fully saturated rings. The lowest BCUT2D eigenvalue weighted by molar-refractivity contribution is 0.0752. The van der Waals surface area contributed by atoms with E-state index in [9.17, 15) is 12.8 Å². The summed E-state index contributed by atoms with van der Waals surface area (Å²) in [4.78, 5) is 4.79. The van der Waals surface area contributed by atoms with E-state index in [1.165, 1.54) is 0 Å². The monoisotopic (exact) mass is 338 g/mol. The van der Waals surface area contributed by atoms with Crippen LogP contribution in [0.2, 0.25) is 0 Å². The van der Waals surface area contributed by atoms with Gasteiger partial charge in [-0.3, -0.25) is 9.80 Å².